The van der Waals surface area contributed by atoms with Gasteiger partial charge in [-0.3, -0.25) is 4.98 Å². The molecule has 6 heteroatoms. The van der Waals surface area contributed by atoms with E-state index in [-0.39, 0.29) is 67.0 Å². The predicted octanol–water partition coefficient (Wildman–Crippen LogP) is 3.73. The van der Waals surface area contributed by atoms with E-state index in [0.717, 1.165) is 6.42 Å². The van der Waals surface area contributed by atoms with Gasteiger partial charge in [-0.2, -0.15) is 0 Å². The van der Waals surface area contributed by atoms with E-state index in [4.69, 9.17) is 0 Å². The van der Waals surface area contributed by atoms with Gasteiger partial charge >= 0.3 is 0 Å². The van der Waals surface area contributed by atoms with Gasteiger partial charge in [0.2, 0.25) is 0 Å². The summed E-state index contributed by atoms with van der Waals surface area (Å²) >= 11 is 0. The van der Waals surface area contributed by atoms with Gasteiger partial charge in [-0.05, 0) is 25.0 Å². The van der Waals surface area contributed by atoms with Crippen molar-refractivity contribution in [1.82, 2.24) is 4.98 Å². The summed E-state index contributed by atoms with van der Waals surface area (Å²) in [7, 11) is 0. The van der Waals surface area contributed by atoms with Crippen molar-refractivity contribution in [2.24, 2.45) is 0 Å². The smallest absolute Gasteiger partial charge is 0.0403 e. The predicted molar refractivity (Wildman–Crippen MR) is 77.6 cm³/mol. The maximum atomic E-state index is 4.22. The highest BCUT2D eigenvalue weighted by atomic mass is 35.5. The fourth-order valence-electron chi connectivity index (χ4n) is 0.904. The van der Waals surface area contributed by atoms with Crippen LogP contribution in [0.25, 0.3) is 0 Å². The molecule has 1 nitrogen and oxygen atoms in total. The molecule has 0 bridgehead atoms. The summed E-state index contributed by atoms with van der Waals surface area (Å²) in [6.45, 7) is 2.20. The molecule has 0 aliphatic heterocycles. The Hall–Kier alpha value is 0.842. The largest absolute Gasteiger partial charge is 0.261 e. The second-order valence-corrected chi connectivity index (χ2v) is 2.42. The molecule has 1 aromatic rings. The first-order valence-corrected chi connectivity index (χ1v) is 3.83. The van der Waals surface area contributed by atoms with E-state index in [1.54, 1.807) is 0 Å². The highest BCUT2D eigenvalue weighted by Gasteiger charge is 1.88. The zero-order chi connectivity index (χ0) is 7.23. The minimum absolute atomic E-state index is 0. The molecule has 0 aromatic carbocycles. The molecule has 0 saturated heterocycles. The zero-order valence-corrected chi connectivity index (χ0v) is 13.0. The third kappa shape index (κ3) is 14.8. The van der Waals surface area contributed by atoms with E-state index in [2.05, 4.69) is 18.0 Å². The van der Waals surface area contributed by atoms with Gasteiger partial charge in [-0.15, -0.1) is 49.6 Å². The molecule has 0 amide bonds. The lowest BCUT2D eigenvalue weighted by Crippen LogP contribution is -1.86. The molecule has 0 unspecified atom stereocenters. The number of halogens is 4. The molecule has 0 aliphatic rings. The number of pyridine rings is 1. The standard InChI is InChI=1S/C9H13N.Al.4ClH/c1-2-3-6-9-7-4-5-8-10-9;;;;;/h4-5,7-8H,2-3,6H2,1H3;;4*1H. The summed E-state index contributed by atoms with van der Waals surface area (Å²) in [4.78, 5) is 4.22. The Balaban J connectivity index is -0.0000000667. The molecule has 1 heterocycles. The summed E-state index contributed by atoms with van der Waals surface area (Å²) in [5, 5.41) is 0. The van der Waals surface area contributed by atoms with Crippen LogP contribution in [0.1, 0.15) is 25.5 Å². The van der Waals surface area contributed by atoms with Crippen molar-refractivity contribution in [2.75, 3.05) is 0 Å². The number of unbranched alkanes of at least 4 members (excludes halogenated alkanes) is 1. The van der Waals surface area contributed by atoms with E-state index >= 15 is 0 Å². The molecule has 1 rings (SSSR count). The Morgan fingerprint density at radius 3 is 2.07 bits per heavy atom. The maximum absolute atomic E-state index is 4.22. The van der Waals surface area contributed by atoms with E-state index < -0.39 is 0 Å². The molecule has 0 fully saturated rings. The first-order valence-electron chi connectivity index (χ1n) is 3.83. The fraction of sp³-hybridized carbons (Fsp3) is 0.444. The number of hydrogen-bond donors (Lipinski definition) is 0. The maximum Gasteiger partial charge on any atom is 0.0403 e. The Morgan fingerprint density at radius 1 is 1.07 bits per heavy atom. The van der Waals surface area contributed by atoms with Crippen molar-refractivity contribution in [2.45, 2.75) is 26.2 Å². The molecule has 89 valence electrons. The first-order chi connectivity index (χ1) is 4.93. The average molecular weight is 308 g/mol. The summed E-state index contributed by atoms with van der Waals surface area (Å²) in [5.41, 5.74) is 1.21. The van der Waals surface area contributed by atoms with Crippen LogP contribution in [-0.2, 0) is 6.42 Å². The second-order valence-electron chi connectivity index (χ2n) is 2.42. The molecule has 0 saturated carbocycles. The van der Waals surface area contributed by atoms with Gasteiger partial charge < -0.3 is 0 Å². The summed E-state index contributed by atoms with van der Waals surface area (Å²) in [6.07, 6.45) is 5.47. The van der Waals surface area contributed by atoms with Crippen LogP contribution in [0.4, 0.5) is 0 Å². The van der Waals surface area contributed by atoms with Crippen LogP contribution in [0, 0.1) is 0 Å². The number of rotatable bonds is 3. The van der Waals surface area contributed by atoms with Gasteiger partial charge in [-0.25, -0.2) is 0 Å². The summed E-state index contributed by atoms with van der Waals surface area (Å²) in [6, 6.07) is 6.07. The van der Waals surface area contributed by atoms with Gasteiger partial charge in [0.05, 0.1) is 0 Å². The van der Waals surface area contributed by atoms with Gasteiger partial charge in [0.25, 0.3) is 0 Å². The van der Waals surface area contributed by atoms with Crippen molar-refractivity contribution >= 4 is 67.0 Å². The van der Waals surface area contributed by atoms with Crippen LogP contribution in [-0.4, -0.2) is 22.3 Å². The lowest BCUT2D eigenvalue weighted by molar-refractivity contribution is 0.777. The van der Waals surface area contributed by atoms with Crippen molar-refractivity contribution < 1.29 is 0 Å². The Bertz CT molecular complexity index is 187. The minimum Gasteiger partial charge on any atom is -0.261 e. The average Bonchev–Trinajstić information content (AvgIpc) is 2.03. The molecular formula is C9H17AlCl4N. The highest BCUT2D eigenvalue weighted by molar-refractivity contribution is 5.86. The number of hydrogen-bond acceptors (Lipinski definition) is 1. The van der Waals surface area contributed by atoms with Crippen LogP contribution in [0.2, 0.25) is 0 Å². The lowest BCUT2D eigenvalue weighted by Gasteiger charge is -1.95. The lowest BCUT2D eigenvalue weighted by atomic mass is 10.2. The molecular weight excluding hydrogens is 291 g/mol. The van der Waals surface area contributed by atoms with E-state index in [9.17, 15) is 0 Å². The van der Waals surface area contributed by atoms with Crippen LogP contribution in [0.3, 0.4) is 0 Å². The normalized spacial score (nSPS) is 6.47. The second kappa shape index (κ2) is 20.3. The van der Waals surface area contributed by atoms with Crippen molar-refractivity contribution in [3.63, 3.8) is 0 Å². The number of aromatic nitrogens is 1. The summed E-state index contributed by atoms with van der Waals surface area (Å²) < 4.78 is 0. The van der Waals surface area contributed by atoms with Crippen molar-refractivity contribution in [3.8, 4) is 0 Å². The first kappa shape index (κ1) is 29.7. The van der Waals surface area contributed by atoms with Gasteiger partial charge in [0.1, 0.15) is 0 Å². The fourth-order valence-corrected chi connectivity index (χ4v) is 0.904. The minimum atomic E-state index is 0. The molecule has 0 N–H and O–H groups in total. The third-order valence-corrected chi connectivity index (χ3v) is 1.51. The van der Waals surface area contributed by atoms with E-state index in [0.29, 0.717) is 0 Å². The summed E-state index contributed by atoms with van der Waals surface area (Å²) in [5.74, 6) is 0. The molecule has 3 radical (unpaired) electrons. The Labute approximate surface area is 128 Å². The number of aryl methyl sites for hydroxylation is 1. The topological polar surface area (TPSA) is 12.9 Å². The highest BCUT2D eigenvalue weighted by Crippen LogP contribution is 1.99. The van der Waals surface area contributed by atoms with E-state index in [1.165, 1.54) is 18.5 Å². The van der Waals surface area contributed by atoms with Crippen LogP contribution in [0.5, 0.6) is 0 Å². The van der Waals surface area contributed by atoms with Crippen molar-refractivity contribution in [3.05, 3.63) is 30.1 Å². The Kier molecular flexibility index (Phi) is 40.1. The SMILES string of the molecule is CCCCc1ccccn1.Cl.Cl.Cl.Cl.[Al]. The molecule has 15 heavy (non-hydrogen) atoms. The quantitative estimate of drug-likeness (QED) is 0.775. The molecule has 0 spiro atoms. The van der Waals surface area contributed by atoms with Crippen LogP contribution < -0.4 is 0 Å². The van der Waals surface area contributed by atoms with Crippen molar-refractivity contribution in [1.29, 1.82) is 0 Å². The molecule has 1 aromatic heterocycles. The third-order valence-electron chi connectivity index (χ3n) is 1.51. The van der Waals surface area contributed by atoms with Gasteiger partial charge in [0, 0.05) is 29.3 Å². The van der Waals surface area contributed by atoms with Gasteiger partial charge in [-0.1, -0.05) is 19.4 Å². The molecule has 0 atom stereocenters. The van der Waals surface area contributed by atoms with Crippen LogP contribution in [0.15, 0.2) is 24.4 Å². The monoisotopic (exact) mass is 306 g/mol. The zero-order valence-electron chi connectivity index (χ0n) is 8.59. The Morgan fingerprint density at radius 2 is 1.67 bits per heavy atom. The van der Waals surface area contributed by atoms with E-state index in [1.807, 2.05) is 18.3 Å². The van der Waals surface area contributed by atoms with Crippen LogP contribution >= 0.6 is 49.6 Å². The van der Waals surface area contributed by atoms with Gasteiger partial charge in [0.15, 0.2) is 0 Å². The number of nitrogens with zero attached hydrogens (tertiary/aromatic N) is 1. The molecule has 0 aliphatic carbocycles.